The maximum Gasteiger partial charge on any atom is 0.318 e. The molecule has 1 aliphatic carbocycles. The predicted molar refractivity (Wildman–Crippen MR) is 41.2 cm³/mol. The zero-order chi connectivity index (χ0) is 7.07. The van der Waals surface area contributed by atoms with Gasteiger partial charge < -0.3 is 5.11 Å². The summed E-state index contributed by atoms with van der Waals surface area (Å²) in [5, 5.41) is 8.48. The highest BCUT2D eigenvalue weighted by Gasteiger charge is 2.49. The summed E-state index contributed by atoms with van der Waals surface area (Å²) in [6.45, 7) is 0. The van der Waals surface area contributed by atoms with Crippen LogP contribution in [0.4, 0.5) is 0 Å². The molecule has 0 saturated heterocycles. The van der Waals surface area contributed by atoms with Crippen molar-refractivity contribution in [1.29, 1.82) is 0 Å². The van der Waals surface area contributed by atoms with Crippen molar-refractivity contribution in [2.45, 2.75) is 22.0 Å². The van der Waals surface area contributed by atoms with E-state index in [1.807, 2.05) is 0 Å². The van der Waals surface area contributed by atoms with E-state index in [0.717, 1.165) is 12.8 Å². The van der Waals surface area contributed by atoms with Crippen molar-refractivity contribution in [3.63, 3.8) is 0 Å². The van der Waals surface area contributed by atoms with Crippen molar-refractivity contribution in [3.8, 4) is 0 Å². The Morgan fingerprint density at radius 1 is 1.67 bits per heavy atom. The summed E-state index contributed by atoms with van der Waals surface area (Å²) in [7, 11) is 0. The molecule has 0 amide bonds. The Morgan fingerprint density at radius 2 is 2.11 bits per heavy atom. The molecule has 0 aromatic rings. The standard InChI is InChI=1S/C5H6Br2O2/c6-3(4(8)9)5(7)1-2-5/h3H,1-2H2,(H,8,9). The van der Waals surface area contributed by atoms with E-state index in [9.17, 15) is 4.79 Å². The first-order chi connectivity index (χ1) is 4.06. The molecule has 1 rings (SSSR count). The Hall–Kier alpha value is 0.430. The van der Waals surface area contributed by atoms with Crippen LogP contribution in [0.5, 0.6) is 0 Å². The first-order valence-corrected chi connectivity index (χ1v) is 4.33. The van der Waals surface area contributed by atoms with Crippen LogP contribution in [-0.4, -0.2) is 20.2 Å². The number of carboxylic acid groups (broad SMARTS) is 1. The van der Waals surface area contributed by atoms with E-state index in [4.69, 9.17) is 5.11 Å². The number of carbonyl (C=O) groups is 1. The molecule has 1 aliphatic rings. The number of alkyl halides is 2. The van der Waals surface area contributed by atoms with Crippen LogP contribution in [0.15, 0.2) is 0 Å². The number of aliphatic carboxylic acids is 1. The minimum absolute atomic E-state index is 0.140. The number of hydrogen-bond donors (Lipinski definition) is 1. The second-order valence-corrected chi connectivity index (χ2v) is 4.73. The maximum atomic E-state index is 10.3. The van der Waals surface area contributed by atoms with Crippen LogP contribution in [0.25, 0.3) is 0 Å². The molecule has 0 bridgehead atoms. The minimum atomic E-state index is -0.788. The molecular weight excluding hydrogens is 252 g/mol. The molecule has 0 heterocycles. The quantitative estimate of drug-likeness (QED) is 0.766. The van der Waals surface area contributed by atoms with Crippen molar-refractivity contribution in [2.75, 3.05) is 0 Å². The van der Waals surface area contributed by atoms with E-state index in [1.54, 1.807) is 0 Å². The molecule has 0 aliphatic heterocycles. The van der Waals surface area contributed by atoms with Crippen molar-refractivity contribution < 1.29 is 9.90 Å². The molecule has 1 saturated carbocycles. The third kappa shape index (κ3) is 1.46. The van der Waals surface area contributed by atoms with Crippen LogP contribution >= 0.6 is 31.9 Å². The van der Waals surface area contributed by atoms with Gasteiger partial charge in [0.15, 0.2) is 0 Å². The zero-order valence-corrected chi connectivity index (χ0v) is 7.77. The molecule has 4 heteroatoms. The normalized spacial score (nSPS) is 25.1. The molecule has 0 spiro atoms. The van der Waals surface area contributed by atoms with Crippen molar-refractivity contribution in [3.05, 3.63) is 0 Å². The molecule has 2 nitrogen and oxygen atoms in total. The van der Waals surface area contributed by atoms with Gasteiger partial charge in [-0.3, -0.25) is 4.79 Å². The number of carboxylic acids is 1. The van der Waals surface area contributed by atoms with Crippen molar-refractivity contribution in [1.82, 2.24) is 0 Å². The van der Waals surface area contributed by atoms with Crippen LogP contribution in [0.3, 0.4) is 0 Å². The molecular formula is C5H6Br2O2. The smallest absolute Gasteiger partial charge is 0.318 e. The molecule has 0 aromatic heterocycles. The third-order valence-corrected chi connectivity index (χ3v) is 4.53. The lowest BCUT2D eigenvalue weighted by molar-refractivity contribution is -0.136. The Bertz CT molecular complexity index is 142. The average Bonchev–Trinajstić information content (AvgIpc) is 2.47. The molecule has 52 valence electrons. The fourth-order valence-corrected chi connectivity index (χ4v) is 1.45. The van der Waals surface area contributed by atoms with E-state index in [2.05, 4.69) is 31.9 Å². The molecule has 1 atom stereocenters. The Kier molecular flexibility index (Phi) is 1.87. The van der Waals surface area contributed by atoms with Crippen LogP contribution in [0, 0.1) is 0 Å². The van der Waals surface area contributed by atoms with Gasteiger partial charge in [0.2, 0.25) is 0 Å². The molecule has 1 N–H and O–H groups in total. The largest absolute Gasteiger partial charge is 0.480 e. The fraction of sp³-hybridized carbons (Fsp3) is 0.800. The maximum absolute atomic E-state index is 10.3. The second kappa shape index (κ2) is 2.23. The fourth-order valence-electron chi connectivity index (χ4n) is 0.594. The lowest BCUT2D eigenvalue weighted by atomic mass is 10.3. The SMILES string of the molecule is O=C(O)C(Br)C1(Br)CC1. The van der Waals surface area contributed by atoms with Gasteiger partial charge in [-0.15, -0.1) is 0 Å². The van der Waals surface area contributed by atoms with E-state index >= 15 is 0 Å². The number of hydrogen-bond acceptors (Lipinski definition) is 1. The topological polar surface area (TPSA) is 37.3 Å². The van der Waals surface area contributed by atoms with Gasteiger partial charge in [-0.2, -0.15) is 0 Å². The van der Waals surface area contributed by atoms with Crippen LogP contribution in [0.2, 0.25) is 0 Å². The van der Waals surface area contributed by atoms with Gasteiger partial charge in [0.05, 0.1) is 0 Å². The predicted octanol–water partition coefficient (Wildman–Crippen LogP) is 1.76. The van der Waals surface area contributed by atoms with Gasteiger partial charge in [-0.25, -0.2) is 0 Å². The highest BCUT2D eigenvalue weighted by molar-refractivity contribution is 9.13. The van der Waals surface area contributed by atoms with E-state index in [0.29, 0.717) is 0 Å². The third-order valence-electron chi connectivity index (χ3n) is 1.40. The van der Waals surface area contributed by atoms with Crippen molar-refractivity contribution in [2.24, 2.45) is 0 Å². The summed E-state index contributed by atoms with van der Waals surface area (Å²) in [6, 6.07) is 0. The van der Waals surface area contributed by atoms with Crippen LogP contribution in [0.1, 0.15) is 12.8 Å². The average molecular weight is 258 g/mol. The summed E-state index contributed by atoms with van der Waals surface area (Å²) in [6.07, 6.45) is 1.91. The van der Waals surface area contributed by atoms with Crippen molar-refractivity contribution >= 4 is 37.8 Å². The monoisotopic (exact) mass is 256 g/mol. The Labute approximate surface area is 69.9 Å². The van der Waals surface area contributed by atoms with Gasteiger partial charge in [-0.05, 0) is 12.8 Å². The first-order valence-electron chi connectivity index (χ1n) is 2.62. The molecule has 0 radical (unpaired) electrons. The number of halogens is 2. The lowest BCUT2D eigenvalue weighted by Crippen LogP contribution is -2.24. The van der Waals surface area contributed by atoms with Gasteiger partial charge in [0.25, 0.3) is 0 Å². The summed E-state index contributed by atoms with van der Waals surface area (Å²) in [5.74, 6) is -0.788. The molecule has 1 unspecified atom stereocenters. The zero-order valence-electron chi connectivity index (χ0n) is 4.60. The summed E-state index contributed by atoms with van der Waals surface area (Å²) in [4.78, 5) is 9.88. The minimum Gasteiger partial charge on any atom is -0.480 e. The van der Waals surface area contributed by atoms with Gasteiger partial charge >= 0.3 is 5.97 Å². The van der Waals surface area contributed by atoms with E-state index < -0.39 is 10.8 Å². The first kappa shape index (κ1) is 7.54. The number of rotatable bonds is 2. The Morgan fingerprint density at radius 3 is 2.22 bits per heavy atom. The highest BCUT2D eigenvalue weighted by Crippen LogP contribution is 2.50. The lowest BCUT2D eigenvalue weighted by Gasteiger charge is -2.08. The van der Waals surface area contributed by atoms with Gasteiger partial charge in [0, 0.05) is 4.32 Å². The van der Waals surface area contributed by atoms with E-state index in [1.165, 1.54) is 0 Å². The second-order valence-electron chi connectivity index (χ2n) is 2.24. The van der Waals surface area contributed by atoms with E-state index in [-0.39, 0.29) is 4.32 Å². The van der Waals surface area contributed by atoms with Crippen LogP contribution < -0.4 is 0 Å². The molecule has 1 fully saturated rings. The summed E-state index contributed by atoms with van der Waals surface area (Å²) < 4.78 is -0.140. The summed E-state index contributed by atoms with van der Waals surface area (Å²) >= 11 is 6.41. The van der Waals surface area contributed by atoms with Crippen LogP contribution in [-0.2, 0) is 4.79 Å². The molecule has 0 aromatic carbocycles. The summed E-state index contributed by atoms with van der Waals surface area (Å²) in [5.41, 5.74) is 0. The highest BCUT2D eigenvalue weighted by atomic mass is 79.9. The van der Waals surface area contributed by atoms with Gasteiger partial charge in [-0.1, -0.05) is 31.9 Å². The molecule has 9 heavy (non-hydrogen) atoms. The van der Waals surface area contributed by atoms with Gasteiger partial charge in [0.1, 0.15) is 4.83 Å². The Balaban J connectivity index is 2.52.